The molecule has 0 aliphatic heterocycles. The highest BCUT2D eigenvalue weighted by Crippen LogP contribution is 2.24. The first-order chi connectivity index (χ1) is 23.2. The first-order valence-corrected chi connectivity index (χ1v) is 18.0. The highest BCUT2D eigenvalue weighted by molar-refractivity contribution is 7.89. The quantitative estimate of drug-likeness (QED) is 0.0632. The molecule has 0 aromatic heterocycles. The van der Waals surface area contributed by atoms with Crippen LogP contribution in [0.3, 0.4) is 0 Å². The van der Waals surface area contributed by atoms with Gasteiger partial charge in [-0.3, -0.25) is 0 Å². The molecule has 0 bridgehead atoms. The molecule has 0 heterocycles. The molecule has 4 aromatic carbocycles. The SMILES string of the molecule is NS(=O)(=O)c1cccc(CCCOCCCCCCCNC[C@H](O)c2ccc(O)c(COC(=O)c3ccc(-c4ccccc4)cc3)c2)c1. The summed E-state index contributed by atoms with van der Waals surface area (Å²) < 4.78 is 34.1. The maximum Gasteiger partial charge on any atom is 0.338 e. The lowest BCUT2D eigenvalue weighted by Gasteiger charge is -2.15. The van der Waals surface area contributed by atoms with Crippen molar-refractivity contribution in [2.45, 2.75) is 62.6 Å². The van der Waals surface area contributed by atoms with E-state index >= 15 is 0 Å². The number of aliphatic hydroxyl groups excluding tert-OH is 1. The van der Waals surface area contributed by atoms with Gasteiger partial charge < -0.3 is 25.0 Å². The molecule has 4 aromatic rings. The fraction of sp³-hybridized carbons (Fsp3) is 0.342. The lowest BCUT2D eigenvalue weighted by Crippen LogP contribution is -2.22. The Labute approximate surface area is 283 Å². The number of phenols is 1. The van der Waals surface area contributed by atoms with E-state index in [1.807, 2.05) is 48.5 Å². The Hall–Kier alpha value is -4.06. The van der Waals surface area contributed by atoms with Crippen molar-refractivity contribution in [3.05, 3.63) is 119 Å². The van der Waals surface area contributed by atoms with E-state index in [9.17, 15) is 23.4 Å². The molecule has 0 aliphatic carbocycles. The van der Waals surface area contributed by atoms with Crippen molar-refractivity contribution in [3.63, 3.8) is 0 Å². The summed E-state index contributed by atoms with van der Waals surface area (Å²) in [7, 11) is -3.68. The number of carbonyl (C=O) groups is 1. The molecule has 1 atom stereocenters. The van der Waals surface area contributed by atoms with E-state index in [-0.39, 0.29) is 17.3 Å². The van der Waals surface area contributed by atoms with Gasteiger partial charge >= 0.3 is 5.97 Å². The summed E-state index contributed by atoms with van der Waals surface area (Å²) in [5, 5.41) is 29.5. The number of hydrogen-bond donors (Lipinski definition) is 4. The average molecular weight is 675 g/mol. The van der Waals surface area contributed by atoms with Gasteiger partial charge in [-0.25, -0.2) is 18.4 Å². The lowest BCUT2D eigenvalue weighted by atomic mass is 10.0. The smallest absolute Gasteiger partial charge is 0.338 e. The molecule has 10 heteroatoms. The molecular weight excluding hydrogens is 628 g/mol. The molecule has 0 saturated heterocycles. The zero-order valence-electron chi connectivity index (χ0n) is 27.2. The summed E-state index contributed by atoms with van der Waals surface area (Å²) >= 11 is 0. The van der Waals surface area contributed by atoms with Crippen LogP contribution in [0, 0.1) is 0 Å². The van der Waals surface area contributed by atoms with Crippen molar-refractivity contribution in [2.24, 2.45) is 5.14 Å². The van der Waals surface area contributed by atoms with Crippen LogP contribution in [0.5, 0.6) is 5.75 Å². The second kappa shape index (κ2) is 19.1. The van der Waals surface area contributed by atoms with E-state index < -0.39 is 22.1 Å². The zero-order chi connectivity index (χ0) is 34.2. The zero-order valence-corrected chi connectivity index (χ0v) is 28.0. The molecule has 9 nitrogen and oxygen atoms in total. The van der Waals surface area contributed by atoms with Crippen molar-refractivity contribution in [1.29, 1.82) is 0 Å². The van der Waals surface area contributed by atoms with E-state index in [1.165, 1.54) is 12.1 Å². The second-order valence-electron chi connectivity index (χ2n) is 11.8. The van der Waals surface area contributed by atoms with Crippen LogP contribution in [0.2, 0.25) is 0 Å². The Morgan fingerprint density at radius 1 is 0.792 bits per heavy atom. The van der Waals surface area contributed by atoms with E-state index in [2.05, 4.69) is 5.32 Å². The van der Waals surface area contributed by atoms with Gasteiger partial charge in [0.25, 0.3) is 0 Å². The van der Waals surface area contributed by atoms with Gasteiger partial charge in [0.05, 0.1) is 16.6 Å². The third kappa shape index (κ3) is 12.2. The number of aryl methyl sites for hydroxylation is 1. The molecule has 256 valence electrons. The van der Waals surface area contributed by atoms with Gasteiger partial charge in [-0.2, -0.15) is 0 Å². The van der Waals surface area contributed by atoms with Crippen molar-refractivity contribution in [1.82, 2.24) is 5.32 Å². The average Bonchev–Trinajstić information content (AvgIpc) is 3.10. The highest BCUT2D eigenvalue weighted by Gasteiger charge is 2.14. The maximum absolute atomic E-state index is 12.6. The number of unbranched alkanes of at least 4 members (excludes halogenated alkanes) is 4. The van der Waals surface area contributed by atoms with E-state index in [0.717, 1.165) is 68.2 Å². The van der Waals surface area contributed by atoms with Crippen LogP contribution in [0.1, 0.15) is 71.7 Å². The van der Waals surface area contributed by atoms with Crippen LogP contribution in [0.25, 0.3) is 11.1 Å². The topological polar surface area (TPSA) is 148 Å². The fourth-order valence-corrected chi connectivity index (χ4v) is 5.87. The third-order valence-electron chi connectivity index (χ3n) is 8.04. The van der Waals surface area contributed by atoms with Gasteiger partial charge in [-0.1, -0.05) is 79.9 Å². The van der Waals surface area contributed by atoms with E-state index in [4.69, 9.17) is 14.6 Å². The minimum absolute atomic E-state index is 0.00432. The number of nitrogens with one attached hydrogen (secondary N) is 1. The van der Waals surface area contributed by atoms with Crippen molar-refractivity contribution >= 4 is 16.0 Å². The highest BCUT2D eigenvalue weighted by atomic mass is 32.2. The van der Waals surface area contributed by atoms with Crippen LogP contribution in [0.4, 0.5) is 0 Å². The number of esters is 1. The van der Waals surface area contributed by atoms with Gasteiger partial charge in [0.15, 0.2) is 0 Å². The number of aliphatic hydroxyl groups is 1. The molecule has 0 amide bonds. The predicted octanol–water partition coefficient (Wildman–Crippen LogP) is 6.29. The number of nitrogens with two attached hydrogens (primary N) is 1. The van der Waals surface area contributed by atoms with E-state index in [0.29, 0.717) is 36.4 Å². The number of rotatable bonds is 20. The third-order valence-corrected chi connectivity index (χ3v) is 8.95. The van der Waals surface area contributed by atoms with Gasteiger partial charge in [-0.05, 0) is 90.9 Å². The number of phenolic OH excluding ortho intramolecular Hbond substituents is 1. The van der Waals surface area contributed by atoms with Gasteiger partial charge in [0.1, 0.15) is 12.4 Å². The van der Waals surface area contributed by atoms with Crippen LogP contribution in [0.15, 0.2) is 102 Å². The van der Waals surface area contributed by atoms with Crippen LogP contribution in [-0.4, -0.2) is 50.9 Å². The minimum Gasteiger partial charge on any atom is -0.508 e. The summed E-state index contributed by atoms with van der Waals surface area (Å²) in [5.74, 6) is -0.484. The van der Waals surface area contributed by atoms with Crippen molar-refractivity contribution < 1.29 is 32.9 Å². The van der Waals surface area contributed by atoms with Gasteiger partial charge in [0, 0.05) is 25.3 Å². The number of carbonyl (C=O) groups excluding carboxylic acids is 1. The number of sulfonamides is 1. The molecule has 0 unspecified atom stereocenters. The molecule has 0 radical (unpaired) electrons. The molecule has 0 spiro atoms. The monoisotopic (exact) mass is 674 g/mol. The van der Waals surface area contributed by atoms with Crippen LogP contribution >= 0.6 is 0 Å². The van der Waals surface area contributed by atoms with Crippen LogP contribution in [-0.2, 0) is 32.5 Å². The number of benzene rings is 4. The number of primary sulfonamides is 1. The van der Waals surface area contributed by atoms with Crippen molar-refractivity contribution in [3.8, 4) is 16.9 Å². The summed E-state index contributed by atoms with van der Waals surface area (Å²) in [6.45, 7) is 2.38. The van der Waals surface area contributed by atoms with Gasteiger partial charge in [0.2, 0.25) is 10.0 Å². The Morgan fingerprint density at radius 2 is 1.50 bits per heavy atom. The molecule has 0 saturated carbocycles. The number of hydrogen-bond acceptors (Lipinski definition) is 8. The Morgan fingerprint density at radius 3 is 2.27 bits per heavy atom. The summed E-state index contributed by atoms with van der Waals surface area (Å²) in [5.41, 5.74) is 4.48. The Bertz CT molecular complexity index is 1680. The Kier molecular flexibility index (Phi) is 14.6. The normalized spacial score (nSPS) is 12.1. The number of aromatic hydroxyl groups is 1. The standard InChI is InChI=1S/C38H46N2O7S/c39-48(44,45)35-15-9-11-29(25-35)12-10-24-46-23-8-3-1-2-7-22-40-27-37(42)33-20-21-36(41)34(26-33)28-47-38(43)32-18-16-31(17-19-32)30-13-5-4-6-14-30/h4-6,9,11,13-21,25-26,37,40-42H,1-3,7-8,10,12,22-24,27-28H2,(H2,39,44,45)/t37-/m0/s1. The largest absolute Gasteiger partial charge is 0.508 e. The molecule has 4 rings (SSSR count). The summed E-state index contributed by atoms with van der Waals surface area (Å²) in [6, 6.07) is 28.6. The van der Waals surface area contributed by atoms with E-state index in [1.54, 1.807) is 36.4 Å². The Balaban J connectivity index is 1.04. The maximum atomic E-state index is 12.6. The minimum atomic E-state index is -3.68. The van der Waals surface area contributed by atoms with Crippen LogP contribution < -0.4 is 10.5 Å². The van der Waals surface area contributed by atoms with Gasteiger partial charge in [-0.15, -0.1) is 0 Å². The summed E-state index contributed by atoms with van der Waals surface area (Å²) in [4.78, 5) is 12.8. The molecular formula is C38H46N2O7S. The first kappa shape index (κ1) is 36.8. The lowest BCUT2D eigenvalue weighted by molar-refractivity contribution is 0.0470. The molecule has 48 heavy (non-hydrogen) atoms. The fourth-order valence-electron chi connectivity index (χ4n) is 5.28. The summed E-state index contributed by atoms with van der Waals surface area (Å²) in [6.07, 6.45) is 6.03. The first-order valence-electron chi connectivity index (χ1n) is 16.4. The molecule has 5 N–H and O–H groups in total. The second-order valence-corrected chi connectivity index (χ2v) is 13.4. The number of ether oxygens (including phenoxy) is 2. The molecule has 0 fully saturated rings. The molecule has 0 aliphatic rings. The van der Waals surface area contributed by atoms with Crippen molar-refractivity contribution in [2.75, 3.05) is 26.3 Å². The predicted molar refractivity (Wildman–Crippen MR) is 187 cm³/mol.